The van der Waals surface area contributed by atoms with Crippen LogP contribution in [-0.4, -0.2) is 24.7 Å². The highest BCUT2D eigenvalue weighted by Crippen LogP contribution is 2.41. The average Bonchev–Trinajstić information content (AvgIpc) is 2.62. The molecule has 24 heavy (non-hydrogen) atoms. The number of aliphatic hydroxyl groups excluding tert-OH is 1. The van der Waals surface area contributed by atoms with E-state index in [9.17, 15) is 10.4 Å². The molecule has 5 heteroatoms. The van der Waals surface area contributed by atoms with Crippen LogP contribution in [0.25, 0.3) is 0 Å². The number of anilines is 1. The minimum atomic E-state index is -1.03. The van der Waals surface area contributed by atoms with Crippen molar-refractivity contribution in [1.29, 1.82) is 5.26 Å². The van der Waals surface area contributed by atoms with E-state index in [1.807, 2.05) is 48.2 Å². The van der Waals surface area contributed by atoms with Crippen molar-refractivity contribution in [2.75, 3.05) is 12.0 Å². The Morgan fingerprint density at radius 2 is 2.00 bits per heavy atom. The normalized spacial score (nSPS) is 17.8. The van der Waals surface area contributed by atoms with Crippen LogP contribution in [0.5, 0.6) is 11.5 Å². The van der Waals surface area contributed by atoms with E-state index in [1.54, 1.807) is 6.07 Å². The fourth-order valence-electron chi connectivity index (χ4n) is 3.09. The molecule has 0 radical (unpaired) electrons. The number of nitriles is 1. The van der Waals surface area contributed by atoms with E-state index < -0.39 is 6.41 Å². The number of benzene rings is 2. The molecule has 1 aliphatic rings. The standard InChI is InChI=1S/C19H20N2O3/c1-13-8-10-16-17(21(13)19(22)23-2)11-9-14(12-20)18(16)24-15-6-4-3-5-7-15/h3-7,9,11,13,19,22H,8,10H2,1-2H3/t13-,19?/m0/s1. The molecule has 0 fully saturated rings. The zero-order valence-electron chi connectivity index (χ0n) is 13.8. The number of ether oxygens (including phenoxy) is 2. The highest BCUT2D eigenvalue weighted by Gasteiger charge is 2.31. The Kier molecular flexibility index (Phi) is 4.70. The third kappa shape index (κ3) is 2.94. The van der Waals surface area contributed by atoms with Gasteiger partial charge in [-0.25, -0.2) is 0 Å². The Balaban J connectivity index is 2.09. The van der Waals surface area contributed by atoms with E-state index in [2.05, 4.69) is 6.07 Å². The summed E-state index contributed by atoms with van der Waals surface area (Å²) in [5, 5.41) is 19.7. The SMILES string of the molecule is COC(O)N1c2ccc(C#N)c(Oc3ccccc3)c2CC[C@@H]1C. The number of nitrogens with zero attached hydrogens (tertiary/aromatic N) is 2. The van der Waals surface area contributed by atoms with Crippen LogP contribution in [0.2, 0.25) is 0 Å². The summed E-state index contributed by atoms with van der Waals surface area (Å²) in [5.74, 6) is 1.24. The molecule has 5 nitrogen and oxygen atoms in total. The summed E-state index contributed by atoms with van der Waals surface area (Å²) in [7, 11) is 1.47. The molecule has 0 spiro atoms. The molecular formula is C19H20N2O3. The maximum atomic E-state index is 10.2. The molecule has 0 bridgehead atoms. The lowest BCUT2D eigenvalue weighted by atomic mass is 9.94. The van der Waals surface area contributed by atoms with E-state index >= 15 is 0 Å². The summed E-state index contributed by atoms with van der Waals surface area (Å²) >= 11 is 0. The summed E-state index contributed by atoms with van der Waals surface area (Å²) in [5.41, 5.74) is 2.25. The van der Waals surface area contributed by atoms with Crippen LogP contribution in [-0.2, 0) is 11.2 Å². The van der Waals surface area contributed by atoms with Crippen LogP contribution in [0, 0.1) is 11.3 Å². The third-order valence-corrected chi connectivity index (χ3v) is 4.33. The fraction of sp³-hybridized carbons (Fsp3) is 0.316. The maximum Gasteiger partial charge on any atom is 0.237 e. The molecule has 2 aromatic rings. The zero-order chi connectivity index (χ0) is 17.1. The van der Waals surface area contributed by atoms with Crippen molar-refractivity contribution in [2.45, 2.75) is 32.2 Å². The van der Waals surface area contributed by atoms with Gasteiger partial charge in [-0.3, -0.25) is 0 Å². The summed E-state index contributed by atoms with van der Waals surface area (Å²) in [4.78, 5) is 1.82. The van der Waals surface area contributed by atoms with Gasteiger partial charge in [-0.2, -0.15) is 5.26 Å². The first kappa shape index (κ1) is 16.3. The lowest BCUT2D eigenvalue weighted by Gasteiger charge is -2.39. The number of rotatable bonds is 4. The second-order valence-corrected chi connectivity index (χ2v) is 5.82. The first-order chi connectivity index (χ1) is 11.7. The van der Waals surface area contributed by atoms with Gasteiger partial charge in [0.05, 0.1) is 5.56 Å². The van der Waals surface area contributed by atoms with E-state index in [-0.39, 0.29) is 6.04 Å². The van der Waals surface area contributed by atoms with Crippen LogP contribution in [0.15, 0.2) is 42.5 Å². The van der Waals surface area contributed by atoms with Gasteiger partial charge in [0.15, 0.2) is 0 Å². The van der Waals surface area contributed by atoms with Crippen LogP contribution in [0.3, 0.4) is 0 Å². The molecular weight excluding hydrogens is 304 g/mol. The monoisotopic (exact) mass is 324 g/mol. The molecule has 124 valence electrons. The summed E-state index contributed by atoms with van der Waals surface area (Å²) in [6.45, 7) is 2.04. The van der Waals surface area contributed by atoms with Crippen molar-refractivity contribution < 1.29 is 14.6 Å². The lowest BCUT2D eigenvalue weighted by Crippen LogP contribution is -2.46. The Labute approximate surface area is 141 Å². The van der Waals surface area contributed by atoms with Gasteiger partial charge in [-0.1, -0.05) is 18.2 Å². The van der Waals surface area contributed by atoms with Crippen LogP contribution < -0.4 is 9.64 Å². The van der Waals surface area contributed by atoms with E-state index in [1.165, 1.54) is 7.11 Å². The summed E-state index contributed by atoms with van der Waals surface area (Å²) in [6.07, 6.45) is 0.589. The van der Waals surface area contributed by atoms with Crippen molar-refractivity contribution >= 4 is 5.69 Å². The van der Waals surface area contributed by atoms with E-state index in [0.29, 0.717) is 17.1 Å². The van der Waals surface area contributed by atoms with Gasteiger partial charge in [0.25, 0.3) is 0 Å². The van der Waals surface area contributed by atoms with Gasteiger partial charge >= 0.3 is 0 Å². The maximum absolute atomic E-state index is 10.2. The number of hydrogen-bond donors (Lipinski definition) is 1. The molecule has 0 aromatic heterocycles. The molecule has 1 heterocycles. The molecule has 2 atom stereocenters. The number of fused-ring (bicyclic) bond motifs is 1. The minimum absolute atomic E-state index is 0.130. The Hall–Kier alpha value is -2.55. The molecule has 0 amide bonds. The quantitative estimate of drug-likeness (QED) is 0.873. The predicted octanol–water partition coefficient (Wildman–Crippen LogP) is 3.41. The van der Waals surface area contributed by atoms with Crippen LogP contribution in [0.4, 0.5) is 5.69 Å². The van der Waals surface area contributed by atoms with Gasteiger partial charge in [0, 0.05) is 24.4 Å². The number of aliphatic hydroxyl groups is 1. The molecule has 2 aromatic carbocycles. The van der Waals surface area contributed by atoms with Crippen molar-refractivity contribution in [3.8, 4) is 17.6 Å². The fourth-order valence-corrected chi connectivity index (χ4v) is 3.09. The second kappa shape index (κ2) is 6.91. The van der Waals surface area contributed by atoms with E-state index in [4.69, 9.17) is 9.47 Å². The van der Waals surface area contributed by atoms with Crippen molar-refractivity contribution in [3.05, 3.63) is 53.6 Å². The summed E-state index contributed by atoms with van der Waals surface area (Å²) in [6, 6.07) is 15.3. The molecule has 0 aliphatic carbocycles. The Morgan fingerprint density at radius 1 is 1.25 bits per heavy atom. The highest BCUT2D eigenvalue weighted by molar-refractivity contribution is 5.67. The first-order valence-corrected chi connectivity index (χ1v) is 7.93. The van der Waals surface area contributed by atoms with E-state index in [0.717, 1.165) is 24.1 Å². The van der Waals surface area contributed by atoms with Gasteiger partial charge < -0.3 is 19.5 Å². The molecule has 0 saturated heterocycles. The largest absolute Gasteiger partial charge is 0.456 e. The molecule has 0 saturated carbocycles. The molecule has 1 aliphatic heterocycles. The molecule has 1 N–H and O–H groups in total. The number of hydrogen-bond acceptors (Lipinski definition) is 5. The Morgan fingerprint density at radius 3 is 2.67 bits per heavy atom. The van der Waals surface area contributed by atoms with Gasteiger partial charge in [0.1, 0.15) is 17.6 Å². The zero-order valence-corrected chi connectivity index (χ0v) is 13.8. The smallest absolute Gasteiger partial charge is 0.237 e. The van der Waals surface area contributed by atoms with Crippen LogP contribution >= 0.6 is 0 Å². The van der Waals surface area contributed by atoms with Crippen LogP contribution in [0.1, 0.15) is 24.5 Å². The number of para-hydroxylation sites is 1. The minimum Gasteiger partial charge on any atom is -0.456 e. The number of methoxy groups -OCH3 is 1. The lowest BCUT2D eigenvalue weighted by molar-refractivity contribution is -0.0795. The average molecular weight is 324 g/mol. The van der Waals surface area contributed by atoms with Gasteiger partial charge in [0.2, 0.25) is 6.41 Å². The highest BCUT2D eigenvalue weighted by atomic mass is 16.6. The molecule has 3 rings (SSSR count). The van der Waals surface area contributed by atoms with Crippen molar-refractivity contribution in [2.24, 2.45) is 0 Å². The Bertz CT molecular complexity index is 755. The van der Waals surface area contributed by atoms with Crippen molar-refractivity contribution in [3.63, 3.8) is 0 Å². The van der Waals surface area contributed by atoms with Gasteiger partial charge in [-0.15, -0.1) is 0 Å². The van der Waals surface area contributed by atoms with Gasteiger partial charge in [-0.05, 0) is 44.0 Å². The topological polar surface area (TPSA) is 65.7 Å². The second-order valence-electron chi connectivity index (χ2n) is 5.82. The third-order valence-electron chi connectivity index (χ3n) is 4.33. The first-order valence-electron chi connectivity index (χ1n) is 7.93. The predicted molar refractivity (Wildman–Crippen MR) is 91.0 cm³/mol. The van der Waals surface area contributed by atoms with Crippen molar-refractivity contribution in [1.82, 2.24) is 0 Å². The summed E-state index contributed by atoms with van der Waals surface area (Å²) < 4.78 is 11.1. The molecule has 1 unspecified atom stereocenters.